The van der Waals surface area contributed by atoms with Crippen molar-refractivity contribution in [2.45, 2.75) is 106 Å². The number of carbonyl (C=O) groups is 4. The lowest BCUT2D eigenvalue weighted by atomic mass is 9.96. The maximum atomic E-state index is 11.6. The van der Waals surface area contributed by atoms with Crippen LogP contribution in [0.15, 0.2) is 0 Å². The number of esters is 1. The minimum atomic E-state index is -0.829. The predicted molar refractivity (Wildman–Crippen MR) is 233 cm³/mol. The van der Waals surface area contributed by atoms with E-state index in [1.165, 1.54) is 0 Å². The van der Waals surface area contributed by atoms with Gasteiger partial charge in [0.05, 0.1) is 46.2 Å². The van der Waals surface area contributed by atoms with Crippen LogP contribution in [-0.4, -0.2) is 180 Å². The van der Waals surface area contributed by atoms with Gasteiger partial charge in [0.2, 0.25) is 11.8 Å². The summed E-state index contributed by atoms with van der Waals surface area (Å²) in [6.07, 6.45) is 7.29. The number of hydrogen-bond acceptors (Lipinski definition) is 13. The van der Waals surface area contributed by atoms with Crippen LogP contribution >= 0.6 is 11.6 Å². The number of amides is 2. The van der Waals surface area contributed by atoms with Crippen LogP contribution in [-0.2, 0) is 38.1 Å². The molecule has 0 radical (unpaired) electrons. The highest BCUT2D eigenvalue weighted by Gasteiger charge is 2.21. The first-order valence-corrected chi connectivity index (χ1v) is 22.2. The number of aliphatic hydroxyl groups excluding tert-OH is 2. The first-order chi connectivity index (χ1) is 28.1. The number of unbranched alkanes of at least 4 members (excludes halogenated alkanes) is 3. The Hall–Kier alpha value is -2.15. The first-order valence-electron chi connectivity index (χ1n) is 21.7. The van der Waals surface area contributed by atoms with Crippen molar-refractivity contribution in [2.24, 2.45) is 10.8 Å². The highest BCUT2D eigenvalue weighted by molar-refractivity contribution is 6.17. The van der Waals surface area contributed by atoms with E-state index >= 15 is 0 Å². The molecule has 59 heavy (non-hydrogen) atoms. The molecule has 0 spiro atoms. The third-order valence-electron chi connectivity index (χ3n) is 8.67. The van der Waals surface area contributed by atoms with E-state index < -0.39 is 11.4 Å². The summed E-state index contributed by atoms with van der Waals surface area (Å²) in [5, 5.41) is 33.7. The molecular formula is C42H84ClN5O11. The van der Waals surface area contributed by atoms with E-state index in [4.69, 9.17) is 45.9 Å². The SMILES string of the molecule is C1COCCN1.CC(C)(C)C(=O)NCCCC(=O)O.CC(C)(C)C(=O)NCCCC(=O)OCCCCN1CCOCC1.OCCCCCl.OCCCCN1CCOCC1. The zero-order chi connectivity index (χ0) is 44.6. The summed E-state index contributed by atoms with van der Waals surface area (Å²) < 4.78 is 20.7. The number of hydrogen-bond donors (Lipinski definition) is 6. The Kier molecular flexibility index (Phi) is 39.9. The molecule has 0 bridgehead atoms. The molecule has 3 fully saturated rings. The summed E-state index contributed by atoms with van der Waals surface area (Å²) in [6, 6.07) is 0. The zero-order valence-corrected chi connectivity index (χ0v) is 38.3. The molecule has 3 aliphatic rings. The summed E-state index contributed by atoms with van der Waals surface area (Å²) in [4.78, 5) is 49.4. The summed E-state index contributed by atoms with van der Waals surface area (Å²) in [6.45, 7) is 26.6. The Morgan fingerprint density at radius 2 is 1.05 bits per heavy atom. The van der Waals surface area contributed by atoms with Gasteiger partial charge in [-0.3, -0.25) is 29.0 Å². The fourth-order valence-corrected chi connectivity index (χ4v) is 5.11. The molecule has 0 saturated carbocycles. The van der Waals surface area contributed by atoms with E-state index in [0.717, 1.165) is 131 Å². The number of morpholine rings is 3. The second-order valence-corrected chi connectivity index (χ2v) is 16.7. The standard InChI is InChI=1S/C17H32N2O4.C9H17NO3.C8H17NO2.C4H9ClO.C4H9NO/c1-17(2,3)16(21)18-8-6-7-15(20)23-12-5-4-9-19-10-13-22-14-11-19;1-9(2,3)8(13)10-6-4-5-7(11)12;10-6-2-1-3-9-4-7-11-8-5-9;5-3-1-2-4-6;1-3-6-4-2-5-1/h4-14H2,1-3H3,(H,18,21);4-6H2,1-3H3,(H,10,13)(H,11,12);10H,1-8H2;6H,1-4H2;5H,1-4H2. The number of aliphatic carboxylic acids is 1. The fraction of sp³-hybridized carbons (Fsp3) is 0.905. The van der Waals surface area contributed by atoms with Crippen molar-refractivity contribution in [2.75, 3.05) is 131 Å². The number of carboxylic acids is 1. The molecule has 0 aromatic carbocycles. The molecular weight excluding hydrogens is 786 g/mol. The Balaban J connectivity index is 0. The van der Waals surface area contributed by atoms with Crippen molar-refractivity contribution in [1.29, 1.82) is 0 Å². The fourth-order valence-electron chi connectivity index (χ4n) is 4.92. The Bertz CT molecular complexity index is 1000. The molecule has 0 aromatic rings. The van der Waals surface area contributed by atoms with E-state index in [1.54, 1.807) is 0 Å². The molecule has 2 amide bonds. The summed E-state index contributed by atoms with van der Waals surface area (Å²) in [5.41, 5.74) is -0.787. The number of ether oxygens (including phenoxy) is 4. The van der Waals surface area contributed by atoms with Gasteiger partial charge in [-0.05, 0) is 64.5 Å². The lowest BCUT2D eigenvalue weighted by molar-refractivity contribution is -0.144. The van der Waals surface area contributed by atoms with Crippen molar-refractivity contribution < 1.29 is 53.4 Å². The summed E-state index contributed by atoms with van der Waals surface area (Å²) in [7, 11) is 0. The van der Waals surface area contributed by atoms with E-state index in [1.807, 2.05) is 41.5 Å². The largest absolute Gasteiger partial charge is 0.481 e. The monoisotopic (exact) mass is 870 g/mol. The number of alkyl halides is 1. The molecule has 6 N–H and O–H groups in total. The number of nitrogens with zero attached hydrogens (tertiary/aromatic N) is 2. The second kappa shape index (κ2) is 40.0. The Labute approximate surface area is 361 Å². The Morgan fingerprint density at radius 3 is 1.41 bits per heavy atom. The van der Waals surface area contributed by atoms with Crippen LogP contribution < -0.4 is 16.0 Å². The zero-order valence-electron chi connectivity index (χ0n) is 37.6. The lowest BCUT2D eigenvalue weighted by Gasteiger charge is -2.26. The second-order valence-electron chi connectivity index (χ2n) is 16.4. The average Bonchev–Trinajstić information content (AvgIpc) is 3.22. The molecule has 3 saturated heterocycles. The van der Waals surface area contributed by atoms with Gasteiger partial charge in [0.1, 0.15) is 0 Å². The van der Waals surface area contributed by atoms with Crippen LogP contribution in [0.4, 0.5) is 0 Å². The maximum Gasteiger partial charge on any atom is 0.305 e. The van der Waals surface area contributed by atoms with Crippen molar-refractivity contribution in [3.05, 3.63) is 0 Å². The lowest BCUT2D eigenvalue weighted by Crippen LogP contribution is -2.36. The van der Waals surface area contributed by atoms with Crippen molar-refractivity contribution in [3.63, 3.8) is 0 Å². The van der Waals surface area contributed by atoms with Gasteiger partial charge >= 0.3 is 11.9 Å². The number of halogens is 1. The van der Waals surface area contributed by atoms with E-state index in [2.05, 4.69) is 25.8 Å². The van der Waals surface area contributed by atoms with Gasteiger partial charge in [-0.2, -0.15) is 0 Å². The highest BCUT2D eigenvalue weighted by atomic mass is 35.5. The maximum absolute atomic E-state index is 11.6. The molecule has 3 rings (SSSR count). The quantitative estimate of drug-likeness (QED) is 0.0590. The number of rotatable bonds is 20. The normalized spacial score (nSPS) is 15.9. The van der Waals surface area contributed by atoms with E-state index in [0.29, 0.717) is 51.4 Å². The molecule has 3 aliphatic heterocycles. The van der Waals surface area contributed by atoms with E-state index in [-0.39, 0.29) is 36.2 Å². The van der Waals surface area contributed by atoms with Crippen LogP contribution in [0.2, 0.25) is 0 Å². The highest BCUT2D eigenvalue weighted by Crippen LogP contribution is 2.13. The molecule has 350 valence electrons. The molecule has 0 aromatic heterocycles. The molecule has 0 aliphatic carbocycles. The molecule has 3 heterocycles. The van der Waals surface area contributed by atoms with Crippen LogP contribution in [0.5, 0.6) is 0 Å². The topological polar surface area (TPSA) is 208 Å². The predicted octanol–water partition coefficient (Wildman–Crippen LogP) is 3.29. The van der Waals surface area contributed by atoms with Gasteiger partial charge in [-0.15, -0.1) is 11.6 Å². The van der Waals surface area contributed by atoms with Gasteiger partial charge in [-0.1, -0.05) is 41.5 Å². The van der Waals surface area contributed by atoms with Crippen LogP contribution in [0.3, 0.4) is 0 Å². The van der Waals surface area contributed by atoms with E-state index in [9.17, 15) is 19.2 Å². The number of carbonyl (C=O) groups excluding carboxylic acids is 3. The summed E-state index contributed by atoms with van der Waals surface area (Å²) in [5.74, 6) is -0.376. The van der Waals surface area contributed by atoms with Gasteiger partial charge in [-0.25, -0.2) is 0 Å². The third-order valence-corrected chi connectivity index (χ3v) is 8.94. The third kappa shape index (κ3) is 42.3. The van der Waals surface area contributed by atoms with Gasteiger partial charge in [0, 0.05) is 95.1 Å². The van der Waals surface area contributed by atoms with Gasteiger partial charge in [0.25, 0.3) is 0 Å². The number of aliphatic hydroxyl groups is 2. The molecule has 16 nitrogen and oxygen atoms in total. The van der Waals surface area contributed by atoms with Gasteiger partial charge in [0.15, 0.2) is 0 Å². The Morgan fingerprint density at radius 1 is 0.627 bits per heavy atom. The molecule has 0 atom stereocenters. The molecule has 17 heteroatoms. The number of nitrogens with one attached hydrogen (secondary N) is 3. The number of carboxylic acid groups (broad SMARTS) is 1. The smallest absolute Gasteiger partial charge is 0.305 e. The minimum Gasteiger partial charge on any atom is -0.481 e. The van der Waals surface area contributed by atoms with Crippen LogP contribution in [0, 0.1) is 10.8 Å². The molecule has 0 unspecified atom stereocenters. The van der Waals surface area contributed by atoms with Crippen molar-refractivity contribution in [3.8, 4) is 0 Å². The minimum absolute atomic E-state index is 0.00831. The van der Waals surface area contributed by atoms with Gasteiger partial charge < -0.3 is 50.2 Å². The van der Waals surface area contributed by atoms with Crippen molar-refractivity contribution in [1.82, 2.24) is 25.8 Å². The van der Waals surface area contributed by atoms with Crippen molar-refractivity contribution >= 4 is 35.4 Å². The van der Waals surface area contributed by atoms with Crippen LogP contribution in [0.1, 0.15) is 106 Å². The average molecular weight is 871 g/mol. The van der Waals surface area contributed by atoms with Crippen LogP contribution in [0.25, 0.3) is 0 Å². The first kappa shape index (κ1) is 58.9. The summed E-state index contributed by atoms with van der Waals surface area (Å²) >= 11 is 5.27.